The van der Waals surface area contributed by atoms with E-state index in [1.807, 2.05) is 0 Å². The molecule has 1 aromatic carbocycles. The summed E-state index contributed by atoms with van der Waals surface area (Å²) >= 11 is 0. The Bertz CT molecular complexity index is 292. The maximum atomic E-state index is 12.9. The molecular weight excluding hydrogens is 193 g/mol. The first-order valence-electron chi connectivity index (χ1n) is 5.27. The highest BCUT2D eigenvalue weighted by Gasteiger charge is 2.00. The Morgan fingerprint density at radius 1 is 1.33 bits per heavy atom. The summed E-state index contributed by atoms with van der Waals surface area (Å²) in [5, 5.41) is 12.4. The number of hydrogen-bond acceptors (Lipinski definition) is 2. The number of aromatic hydroxyl groups is 1. The SMILES string of the molecule is CC(C)CNCCc1cc(O)cc(F)c1. The van der Waals surface area contributed by atoms with Gasteiger partial charge in [0.15, 0.2) is 0 Å². The normalized spacial score (nSPS) is 10.9. The number of phenolic OH excluding ortho intramolecular Hbond substituents is 1. The standard InChI is InChI=1S/C12H18FNO/c1-9(2)8-14-4-3-10-5-11(13)7-12(15)6-10/h5-7,9,14-15H,3-4,8H2,1-2H3. The van der Waals surface area contributed by atoms with Gasteiger partial charge in [0.05, 0.1) is 0 Å². The van der Waals surface area contributed by atoms with E-state index in [0.717, 1.165) is 31.1 Å². The van der Waals surface area contributed by atoms with Crippen molar-refractivity contribution in [3.05, 3.63) is 29.6 Å². The first kappa shape index (κ1) is 12.0. The van der Waals surface area contributed by atoms with Crippen LogP contribution in [0.25, 0.3) is 0 Å². The number of rotatable bonds is 5. The highest BCUT2D eigenvalue weighted by atomic mass is 19.1. The molecular formula is C12H18FNO. The van der Waals surface area contributed by atoms with Gasteiger partial charge < -0.3 is 10.4 Å². The van der Waals surface area contributed by atoms with Crippen LogP contribution in [0.3, 0.4) is 0 Å². The Balaban J connectivity index is 2.37. The van der Waals surface area contributed by atoms with Crippen LogP contribution in [-0.2, 0) is 6.42 Å². The Kier molecular flexibility index (Phi) is 4.56. The molecule has 1 aromatic rings. The third kappa shape index (κ3) is 4.79. The predicted molar refractivity (Wildman–Crippen MR) is 59.5 cm³/mol. The highest BCUT2D eigenvalue weighted by Crippen LogP contribution is 2.14. The smallest absolute Gasteiger partial charge is 0.127 e. The minimum Gasteiger partial charge on any atom is -0.508 e. The van der Waals surface area contributed by atoms with Crippen molar-refractivity contribution in [3.63, 3.8) is 0 Å². The molecule has 0 radical (unpaired) electrons. The van der Waals surface area contributed by atoms with Crippen LogP contribution in [0, 0.1) is 11.7 Å². The van der Waals surface area contributed by atoms with E-state index in [9.17, 15) is 9.50 Å². The van der Waals surface area contributed by atoms with Gasteiger partial charge in [-0.2, -0.15) is 0 Å². The van der Waals surface area contributed by atoms with Crippen LogP contribution in [0.1, 0.15) is 19.4 Å². The van der Waals surface area contributed by atoms with Crippen LogP contribution in [0.15, 0.2) is 18.2 Å². The number of benzene rings is 1. The molecule has 1 rings (SSSR count). The average molecular weight is 211 g/mol. The zero-order valence-corrected chi connectivity index (χ0v) is 9.26. The van der Waals surface area contributed by atoms with Crippen LogP contribution in [-0.4, -0.2) is 18.2 Å². The zero-order valence-electron chi connectivity index (χ0n) is 9.26. The largest absolute Gasteiger partial charge is 0.508 e. The summed E-state index contributed by atoms with van der Waals surface area (Å²) in [6.07, 6.45) is 0.734. The van der Waals surface area contributed by atoms with Gasteiger partial charge in [-0.3, -0.25) is 0 Å². The van der Waals surface area contributed by atoms with Gasteiger partial charge in [0.2, 0.25) is 0 Å². The minimum absolute atomic E-state index is 0.00569. The molecule has 0 saturated carbocycles. The Labute approximate surface area is 90.1 Å². The van der Waals surface area contributed by atoms with Crippen LogP contribution in [0.2, 0.25) is 0 Å². The van der Waals surface area contributed by atoms with Crippen molar-refractivity contribution < 1.29 is 9.50 Å². The molecule has 0 heterocycles. The van der Waals surface area contributed by atoms with Crippen LogP contribution < -0.4 is 5.32 Å². The van der Waals surface area contributed by atoms with E-state index in [4.69, 9.17) is 0 Å². The number of halogens is 1. The summed E-state index contributed by atoms with van der Waals surface area (Å²) in [6.45, 7) is 6.05. The molecule has 0 atom stereocenters. The summed E-state index contributed by atoms with van der Waals surface area (Å²) < 4.78 is 12.9. The third-order valence-corrected chi connectivity index (χ3v) is 2.09. The molecule has 84 valence electrons. The van der Waals surface area contributed by atoms with Gasteiger partial charge in [-0.25, -0.2) is 4.39 Å². The average Bonchev–Trinajstić information content (AvgIpc) is 2.10. The number of nitrogens with one attached hydrogen (secondary N) is 1. The van der Waals surface area contributed by atoms with Gasteiger partial charge in [-0.05, 0) is 43.1 Å². The van der Waals surface area contributed by atoms with E-state index >= 15 is 0 Å². The number of hydrogen-bond donors (Lipinski definition) is 2. The van der Waals surface area contributed by atoms with Crippen molar-refractivity contribution in [2.45, 2.75) is 20.3 Å². The Hall–Kier alpha value is -1.09. The summed E-state index contributed by atoms with van der Waals surface area (Å²) in [5.74, 6) is 0.230. The van der Waals surface area contributed by atoms with Gasteiger partial charge in [-0.1, -0.05) is 13.8 Å². The van der Waals surface area contributed by atoms with Gasteiger partial charge in [0.25, 0.3) is 0 Å². The summed E-state index contributed by atoms with van der Waals surface area (Å²) in [4.78, 5) is 0. The molecule has 0 bridgehead atoms. The maximum Gasteiger partial charge on any atom is 0.127 e. The first-order valence-corrected chi connectivity index (χ1v) is 5.27. The van der Waals surface area contributed by atoms with E-state index in [2.05, 4.69) is 19.2 Å². The zero-order chi connectivity index (χ0) is 11.3. The molecule has 0 spiro atoms. The minimum atomic E-state index is -0.381. The van der Waals surface area contributed by atoms with Gasteiger partial charge in [-0.15, -0.1) is 0 Å². The lowest BCUT2D eigenvalue weighted by molar-refractivity contribution is 0.467. The third-order valence-electron chi connectivity index (χ3n) is 2.09. The quantitative estimate of drug-likeness (QED) is 0.733. The second kappa shape index (κ2) is 5.71. The molecule has 0 aliphatic heterocycles. The van der Waals surface area contributed by atoms with E-state index in [1.165, 1.54) is 6.07 Å². The monoisotopic (exact) mass is 211 g/mol. The van der Waals surface area contributed by atoms with Gasteiger partial charge >= 0.3 is 0 Å². The molecule has 0 aliphatic rings. The van der Waals surface area contributed by atoms with Crippen molar-refractivity contribution in [1.82, 2.24) is 5.32 Å². The Morgan fingerprint density at radius 3 is 2.67 bits per heavy atom. The van der Waals surface area contributed by atoms with Crippen LogP contribution >= 0.6 is 0 Å². The highest BCUT2D eigenvalue weighted by molar-refractivity contribution is 5.28. The van der Waals surface area contributed by atoms with Crippen molar-refractivity contribution in [2.24, 2.45) is 5.92 Å². The summed E-state index contributed by atoms with van der Waals surface area (Å²) in [7, 11) is 0. The van der Waals surface area contributed by atoms with Crippen molar-refractivity contribution in [3.8, 4) is 5.75 Å². The van der Waals surface area contributed by atoms with E-state index in [0.29, 0.717) is 5.92 Å². The molecule has 0 aliphatic carbocycles. The summed E-state index contributed by atoms with van der Waals surface area (Å²) in [5.41, 5.74) is 0.823. The lowest BCUT2D eigenvalue weighted by Crippen LogP contribution is -2.22. The Morgan fingerprint density at radius 2 is 2.07 bits per heavy atom. The van der Waals surface area contributed by atoms with E-state index < -0.39 is 0 Å². The second-order valence-corrected chi connectivity index (χ2v) is 4.17. The molecule has 0 saturated heterocycles. The van der Waals surface area contributed by atoms with Crippen LogP contribution in [0.5, 0.6) is 5.75 Å². The first-order chi connectivity index (χ1) is 7.08. The second-order valence-electron chi connectivity index (χ2n) is 4.17. The predicted octanol–water partition coefficient (Wildman–Crippen LogP) is 2.32. The van der Waals surface area contributed by atoms with Gasteiger partial charge in [0, 0.05) is 6.07 Å². The van der Waals surface area contributed by atoms with Crippen molar-refractivity contribution >= 4 is 0 Å². The molecule has 0 amide bonds. The topological polar surface area (TPSA) is 32.3 Å². The molecule has 15 heavy (non-hydrogen) atoms. The fourth-order valence-electron chi connectivity index (χ4n) is 1.40. The van der Waals surface area contributed by atoms with E-state index in [1.54, 1.807) is 6.07 Å². The molecule has 2 N–H and O–H groups in total. The van der Waals surface area contributed by atoms with Crippen molar-refractivity contribution in [2.75, 3.05) is 13.1 Å². The van der Waals surface area contributed by atoms with E-state index in [-0.39, 0.29) is 11.6 Å². The molecule has 2 nitrogen and oxygen atoms in total. The summed E-state index contributed by atoms with van der Waals surface area (Å²) in [6, 6.07) is 4.17. The van der Waals surface area contributed by atoms with Crippen LogP contribution in [0.4, 0.5) is 4.39 Å². The molecule has 0 unspecified atom stereocenters. The lowest BCUT2D eigenvalue weighted by Gasteiger charge is -2.07. The fourth-order valence-corrected chi connectivity index (χ4v) is 1.40. The lowest BCUT2D eigenvalue weighted by atomic mass is 10.1. The maximum absolute atomic E-state index is 12.9. The molecule has 0 fully saturated rings. The number of phenols is 1. The molecule has 0 aromatic heterocycles. The van der Waals surface area contributed by atoms with Crippen molar-refractivity contribution in [1.29, 1.82) is 0 Å². The van der Waals surface area contributed by atoms with Gasteiger partial charge in [0.1, 0.15) is 11.6 Å². The fraction of sp³-hybridized carbons (Fsp3) is 0.500. The molecule has 3 heteroatoms.